The highest BCUT2D eigenvalue weighted by Crippen LogP contribution is 2.42. The Morgan fingerprint density at radius 3 is 1.55 bits per heavy atom. The van der Waals surface area contributed by atoms with Crippen LogP contribution in [0.5, 0.6) is 0 Å². The number of nitriles is 1. The number of rotatable bonds is 6. The van der Waals surface area contributed by atoms with Crippen LogP contribution in [0.3, 0.4) is 0 Å². The van der Waals surface area contributed by atoms with Crippen LogP contribution < -0.4 is 0 Å². The van der Waals surface area contributed by atoms with E-state index in [1.807, 2.05) is 72.9 Å². The first-order chi connectivity index (χ1) is 27.7. The number of pyridine rings is 1. The number of nitrogens with zero attached hydrogens (tertiary/aromatic N) is 5. The van der Waals surface area contributed by atoms with Crippen LogP contribution in [-0.2, 0) is 0 Å². The van der Waals surface area contributed by atoms with E-state index in [0.717, 1.165) is 82.5 Å². The summed E-state index contributed by atoms with van der Waals surface area (Å²) in [5.74, 6) is 1.82. The fraction of sp³-hybridized carbons (Fsp3) is 0. The van der Waals surface area contributed by atoms with E-state index >= 15 is 0 Å². The van der Waals surface area contributed by atoms with Crippen molar-refractivity contribution in [1.82, 2.24) is 19.9 Å². The predicted octanol–water partition coefficient (Wildman–Crippen LogP) is 12.6. The average Bonchev–Trinajstić information content (AvgIpc) is 3.29. The molecule has 0 saturated carbocycles. The fourth-order valence-corrected chi connectivity index (χ4v) is 7.65. The summed E-state index contributed by atoms with van der Waals surface area (Å²) >= 11 is 0. The molecule has 0 unspecified atom stereocenters. The molecule has 0 aliphatic carbocycles. The van der Waals surface area contributed by atoms with Crippen LogP contribution in [0.2, 0.25) is 0 Å². The van der Waals surface area contributed by atoms with Gasteiger partial charge in [0.05, 0.1) is 17.1 Å². The van der Waals surface area contributed by atoms with E-state index < -0.39 is 0 Å². The maximum Gasteiger partial charge on any atom is 0.164 e. The second-order valence-electron chi connectivity index (χ2n) is 13.8. The van der Waals surface area contributed by atoms with E-state index in [1.165, 1.54) is 0 Å². The molecule has 2 aromatic heterocycles. The minimum absolute atomic E-state index is 0.594. The summed E-state index contributed by atoms with van der Waals surface area (Å²) in [4.78, 5) is 20.2. The molecule has 10 aromatic rings. The normalized spacial score (nSPS) is 11.2. The third kappa shape index (κ3) is 5.92. The smallest absolute Gasteiger partial charge is 0.164 e. The average molecular weight is 714 g/mol. The van der Waals surface area contributed by atoms with Gasteiger partial charge in [-0.25, -0.2) is 15.0 Å². The van der Waals surface area contributed by atoms with Gasteiger partial charge in [0.2, 0.25) is 0 Å². The Morgan fingerprint density at radius 2 is 0.857 bits per heavy atom. The first-order valence-electron chi connectivity index (χ1n) is 18.5. The van der Waals surface area contributed by atoms with Gasteiger partial charge in [0.15, 0.2) is 17.5 Å². The highest BCUT2D eigenvalue weighted by atomic mass is 15.0. The van der Waals surface area contributed by atoms with Gasteiger partial charge in [-0.15, -0.1) is 0 Å². The molecule has 0 N–H and O–H groups in total. The fourth-order valence-electron chi connectivity index (χ4n) is 7.65. The summed E-state index contributed by atoms with van der Waals surface area (Å²) in [7, 11) is 0. The molecule has 0 spiro atoms. The Labute approximate surface area is 323 Å². The Morgan fingerprint density at radius 1 is 0.339 bits per heavy atom. The molecular formula is C51H31N5. The predicted molar refractivity (Wildman–Crippen MR) is 227 cm³/mol. The molecule has 10 rings (SSSR count). The van der Waals surface area contributed by atoms with Gasteiger partial charge in [-0.05, 0) is 91.8 Å². The van der Waals surface area contributed by atoms with Gasteiger partial charge >= 0.3 is 0 Å². The highest BCUT2D eigenvalue weighted by Gasteiger charge is 2.18. The van der Waals surface area contributed by atoms with Gasteiger partial charge in [-0.1, -0.05) is 140 Å². The van der Waals surface area contributed by atoms with E-state index in [9.17, 15) is 5.26 Å². The van der Waals surface area contributed by atoms with E-state index in [4.69, 9.17) is 19.9 Å². The molecule has 56 heavy (non-hydrogen) atoms. The Balaban J connectivity index is 1.15. The van der Waals surface area contributed by atoms with Gasteiger partial charge in [-0.3, -0.25) is 4.98 Å². The first-order valence-corrected chi connectivity index (χ1v) is 18.5. The number of hydrogen-bond donors (Lipinski definition) is 0. The van der Waals surface area contributed by atoms with Crippen molar-refractivity contribution in [2.45, 2.75) is 0 Å². The number of hydrogen-bond acceptors (Lipinski definition) is 5. The van der Waals surface area contributed by atoms with E-state index in [2.05, 4.69) is 121 Å². The molecule has 260 valence electrons. The quantitative estimate of drug-likeness (QED) is 0.160. The van der Waals surface area contributed by atoms with Crippen molar-refractivity contribution in [2.24, 2.45) is 0 Å². The summed E-state index contributed by atoms with van der Waals surface area (Å²) in [6.45, 7) is 0. The zero-order valence-electron chi connectivity index (χ0n) is 30.1. The molecule has 0 aliphatic heterocycles. The van der Waals surface area contributed by atoms with Crippen LogP contribution in [0.25, 0.3) is 100.0 Å². The standard InChI is InChI=1S/C51H31N5/c52-32-33-23-25-35(26-24-33)44-30-47-43-22-11-27-53-48(43)45(31-46(47)42-21-8-7-20-41(42)44)38-17-10-19-40(29-38)51-55-49(36-14-5-2-6-15-36)54-50(56-51)39-18-9-16-37(28-39)34-12-3-1-4-13-34/h1-31H. The minimum atomic E-state index is 0.594. The first kappa shape index (κ1) is 32.8. The van der Waals surface area contributed by atoms with Crippen molar-refractivity contribution in [2.75, 3.05) is 0 Å². The second-order valence-corrected chi connectivity index (χ2v) is 13.8. The van der Waals surface area contributed by atoms with Crippen molar-refractivity contribution in [3.8, 4) is 73.6 Å². The maximum absolute atomic E-state index is 9.43. The Kier molecular flexibility index (Phi) is 8.13. The Bertz CT molecular complexity index is 3130. The molecule has 5 nitrogen and oxygen atoms in total. The van der Waals surface area contributed by atoms with Crippen molar-refractivity contribution in [3.63, 3.8) is 0 Å². The van der Waals surface area contributed by atoms with Crippen LogP contribution in [0.4, 0.5) is 0 Å². The zero-order chi connectivity index (χ0) is 37.4. The number of fused-ring (bicyclic) bond motifs is 5. The van der Waals surface area contributed by atoms with Gasteiger partial charge in [0.1, 0.15) is 0 Å². The lowest BCUT2D eigenvalue weighted by atomic mass is 9.89. The molecule has 0 fully saturated rings. The van der Waals surface area contributed by atoms with Crippen molar-refractivity contribution < 1.29 is 0 Å². The molecule has 0 radical (unpaired) electrons. The summed E-state index contributed by atoms with van der Waals surface area (Å²) in [5.41, 5.74) is 10.7. The van der Waals surface area contributed by atoms with Crippen molar-refractivity contribution in [1.29, 1.82) is 5.26 Å². The van der Waals surface area contributed by atoms with E-state index in [0.29, 0.717) is 23.0 Å². The van der Waals surface area contributed by atoms with Crippen LogP contribution >= 0.6 is 0 Å². The lowest BCUT2D eigenvalue weighted by Gasteiger charge is -2.16. The molecule has 8 aromatic carbocycles. The van der Waals surface area contributed by atoms with Gasteiger partial charge in [0, 0.05) is 33.8 Å². The summed E-state index contributed by atoms with van der Waals surface area (Å²) in [6, 6.07) is 64.5. The lowest BCUT2D eigenvalue weighted by molar-refractivity contribution is 1.07. The molecular weight excluding hydrogens is 683 g/mol. The molecule has 0 amide bonds. The molecule has 0 aliphatic rings. The summed E-state index contributed by atoms with van der Waals surface area (Å²) in [6.07, 6.45) is 1.86. The lowest BCUT2D eigenvalue weighted by Crippen LogP contribution is -2.00. The largest absolute Gasteiger partial charge is 0.256 e. The van der Waals surface area contributed by atoms with Crippen molar-refractivity contribution in [3.05, 3.63) is 194 Å². The summed E-state index contributed by atoms with van der Waals surface area (Å²) in [5, 5.41) is 15.1. The summed E-state index contributed by atoms with van der Waals surface area (Å²) < 4.78 is 0. The van der Waals surface area contributed by atoms with Crippen LogP contribution in [0.15, 0.2) is 188 Å². The van der Waals surface area contributed by atoms with Gasteiger partial charge in [-0.2, -0.15) is 5.26 Å². The zero-order valence-corrected chi connectivity index (χ0v) is 30.1. The maximum atomic E-state index is 9.43. The molecule has 5 heteroatoms. The van der Waals surface area contributed by atoms with Crippen molar-refractivity contribution >= 4 is 32.4 Å². The monoisotopic (exact) mass is 713 g/mol. The van der Waals surface area contributed by atoms with Crippen LogP contribution in [0.1, 0.15) is 5.56 Å². The van der Waals surface area contributed by atoms with Gasteiger partial charge < -0.3 is 0 Å². The van der Waals surface area contributed by atoms with Gasteiger partial charge in [0.25, 0.3) is 0 Å². The topological polar surface area (TPSA) is 75.3 Å². The number of benzene rings is 8. The van der Waals surface area contributed by atoms with Crippen LogP contribution in [-0.4, -0.2) is 19.9 Å². The highest BCUT2D eigenvalue weighted by molar-refractivity contribution is 6.23. The minimum Gasteiger partial charge on any atom is -0.256 e. The molecule has 0 saturated heterocycles. The Hall–Kier alpha value is -7.81. The second kappa shape index (κ2) is 13.9. The number of aromatic nitrogens is 4. The van der Waals surface area contributed by atoms with E-state index in [-0.39, 0.29) is 0 Å². The molecule has 2 heterocycles. The SMILES string of the molecule is N#Cc1ccc(-c2cc3c4cccnc4c(-c4cccc(-c5nc(-c6ccccc6)nc(-c6cccc(-c7ccccc7)c6)n5)c4)cc3c3ccccc23)cc1. The third-order valence-electron chi connectivity index (χ3n) is 10.4. The van der Waals surface area contributed by atoms with Crippen LogP contribution in [0, 0.1) is 11.3 Å². The molecule has 0 bridgehead atoms. The molecule has 0 atom stereocenters. The van der Waals surface area contributed by atoms with E-state index in [1.54, 1.807) is 0 Å². The third-order valence-corrected chi connectivity index (χ3v) is 10.4.